The molecule has 3 aliphatic rings. The van der Waals surface area contributed by atoms with Crippen molar-refractivity contribution in [2.45, 2.75) is 37.5 Å². The first-order valence-electron chi connectivity index (χ1n) is 8.32. The third-order valence-corrected chi connectivity index (χ3v) is 5.93. The minimum absolute atomic E-state index is 0.173. The molecule has 1 saturated heterocycles. The van der Waals surface area contributed by atoms with Gasteiger partial charge >= 0.3 is 0 Å². The van der Waals surface area contributed by atoms with Gasteiger partial charge < -0.3 is 10.6 Å². The van der Waals surface area contributed by atoms with Gasteiger partial charge in [-0.05, 0) is 55.7 Å². The van der Waals surface area contributed by atoms with Crippen LogP contribution in [-0.4, -0.2) is 30.4 Å². The predicted molar refractivity (Wildman–Crippen MR) is 82.9 cm³/mol. The fourth-order valence-electron chi connectivity index (χ4n) is 4.60. The summed E-state index contributed by atoms with van der Waals surface area (Å²) in [7, 11) is 0. The molecule has 2 fully saturated rings. The summed E-state index contributed by atoms with van der Waals surface area (Å²) in [5, 5.41) is 0. The van der Waals surface area contributed by atoms with Crippen LogP contribution >= 0.6 is 0 Å². The van der Waals surface area contributed by atoms with Gasteiger partial charge in [-0.25, -0.2) is 0 Å². The molecule has 1 aromatic carbocycles. The van der Waals surface area contributed by atoms with Crippen LogP contribution in [0.15, 0.2) is 24.3 Å². The van der Waals surface area contributed by atoms with Gasteiger partial charge in [0.1, 0.15) is 0 Å². The lowest BCUT2D eigenvalue weighted by molar-refractivity contribution is -0.132. The van der Waals surface area contributed by atoms with Crippen molar-refractivity contribution in [2.75, 3.05) is 19.6 Å². The largest absolute Gasteiger partial charge is 0.342 e. The molecular weight excluding hydrogens is 260 g/mol. The van der Waals surface area contributed by atoms with E-state index in [-0.39, 0.29) is 11.3 Å². The zero-order valence-corrected chi connectivity index (χ0v) is 12.6. The van der Waals surface area contributed by atoms with E-state index in [1.54, 1.807) is 0 Å². The Hall–Kier alpha value is -1.35. The van der Waals surface area contributed by atoms with Gasteiger partial charge in [-0.2, -0.15) is 0 Å². The Morgan fingerprint density at radius 1 is 1.38 bits per heavy atom. The van der Waals surface area contributed by atoms with E-state index in [1.807, 2.05) is 0 Å². The fourth-order valence-corrected chi connectivity index (χ4v) is 4.60. The molecule has 0 radical (unpaired) electrons. The molecule has 1 spiro atoms. The highest BCUT2D eigenvalue weighted by Gasteiger charge is 2.61. The lowest BCUT2D eigenvalue weighted by Crippen LogP contribution is -2.34. The number of nitrogens with zero attached hydrogens (tertiary/aromatic N) is 1. The molecule has 21 heavy (non-hydrogen) atoms. The van der Waals surface area contributed by atoms with Crippen LogP contribution in [0.1, 0.15) is 36.8 Å². The first-order chi connectivity index (χ1) is 10.2. The highest BCUT2D eigenvalue weighted by molar-refractivity contribution is 5.85. The topological polar surface area (TPSA) is 46.3 Å². The van der Waals surface area contributed by atoms with Crippen molar-refractivity contribution >= 4 is 5.91 Å². The summed E-state index contributed by atoms with van der Waals surface area (Å²) in [5.41, 5.74) is 8.86. The van der Waals surface area contributed by atoms with Crippen LogP contribution in [0.2, 0.25) is 0 Å². The van der Waals surface area contributed by atoms with E-state index < -0.39 is 0 Å². The molecule has 1 amide bonds. The van der Waals surface area contributed by atoms with Crippen molar-refractivity contribution in [3.8, 4) is 0 Å². The van der Waals surface area contributed by atoms with Gasteiger partial charge in [0.15, 0.2) is 0 Å². The van der Waals surface area contributed by atoms with Crippen molar-refractivity contribution in [1.82, 2.24) is 4.90 Å². The van der Waals surface area contributed by atoms with E-state index >= 15 is 0 Å². The Balaban J connectivity index is 1.54. The molecule has 3 unspecified atom stereocenters. The Morgan fingerprint density at radius 3 is 3.05 bits per heavy atom. The van der Waals surface area contributed by atoms with Crippen LogP contribution in [-0.2, 0) is 16.6 Å². The maximum absolute atomic E-state index is 12.8. The van der Waals surface area contributed by atoms with Gasteiger partial charge in [0.25, 0.3) is 0 Å². The quantitative estimate of drug-likeness (QED) is 0.904. The SMILES string of the molecule is NCC1CCN(C(=O)C2CC23CCCc2ccccc23)C1. The van der Waals surface area contributed by atoms with Crippen molar-refractivity contribution in [1.29, 1.82) is 0 Å². The zero-order chi connectivity index (χ0) is 14.4. The minimum atomic E-state index is 0.173. The van der Waals surface area contributed by atoms with Gasteiger partial charge in [0.05, 0.1) is 0 Å². The minimum Gasteiger partial charge on any atom is -0.342 e. The summed E-state index contributed by atoms with van der Waals surface area (Å²) >= 11 is 0. The van der Waals surface area contributed by atoms with E-state index in [4.69, 9.17) is 5.73 Å². The van der Waals surface area contributed by atoms with Crippen molar-refractivity contribution in [3.05, 3.63) is 35.4 Å². The third kappa shape index (κ3) is 2.02. The van der Waals surface area contributed by atoms with Crippen LogP contribution in [0.3, 0.4) is 0 Å². The highest BCUT2D eigenvalue weighted by atomic mass is 16.2. The maximum Gasteiger partial charge on any atom is 0.226 e. The van der Waals surface area contributed by atoms with Crippen LogP contribution < -0.4 is 5.73 Å². The molecular formula is C18H24N2O. The second kappa shape index (κ2) is 4.84. The van der Waals surface area contributed by atoms with E-state index in [1.165, 1.54) is 30.4 Å². The summed E-state index contributed by atoms with van der Waals surface area (Å²) in [4.78, 5) is 14.9. The standard InChI is InChI=1S/C18H24N2O/c19-11-13-7-9-20(12-13)17(21)16-10-18(16)8-3-5-14-4-1-2-6-15(14)18/h1-2,4,6,13,16H,3,5,7-12,19H2. The summed E-state index contributed by atoms with van der Waals surface area (Å²) in [5.74, 6) is 1.14. The molecule has 0 bridgehead atoms. The smallest absolute Gasteiger partial charge is 0.226 e. The first-order valence-corrected chi connectivity index (χ1v) is 8.32. The van der Waals surface area contributed by atoms with Gasteiger partial charge in [-0.1, -0.05) is 24.3 Å². The van der Waals surface area contributed by atoms with Crippen molar-refractivity contribution in [2.24, 2.45) is 17.6 Å². The number of amides is 1. The van der Waals surface area contributed by atoms with E-state index in [0.717, 1.165) is 25.9 Å². The monoisotopic (exact) mass is 284 g/mol. The molecule has 3 nitrogen and oxygen atoms in total. The number of rotatable bonds is 2. The number of likely N-dealkylation sites (tertiary alicyclic amines) is 1. The number of carbonyl (C=O) groups excluding carboxylic acids is 1. The molecule has 2 aliphatic carbocycles. The zero-order valence-electron chi connectivity index (χ0n) is 12.6. The lowest BCUT2D eigenvalue weighted by Gasteiger charge is -2.27. The third-order valence-electron chi connectivity index (χ3n) is 5.93. The number of carbonyl (C=O) groups is 1. The maximum atomic E-state index is 12.8. The average molecular weight is 284 g/mol. The number of aryl methyl sites for hydroxylation is 1. The number of benzene rings is 1. The van der Waals surface area contributed by atoms with Crippen LogP contribution in [0, 0.1) is 11.8 Å². The number of hydrogen-bond acceptors (Lipinski definition) is 2. The Bertz CT molecular complexity index is 570. The van der Waals surface area contributed by atoms with Gasteiger partial charge in [0, 0.05) is 24.4 Å². The second-order valence-corrected chi connectivity index (χ2v) is 7.10. The van der Waals surface area contributed by atoms with Crippen LogP contribution in [0.5, 0.6) is 0 Å². The van der Waals surface area contributed by atoms with Gasteiger partial charge in [-0.15, -0.1) is 0 Å². The molecule has 4 rings (SSSR count). The molecule has 1 aliphatic heterocycles. The van der Waals surface area contributed by atoms with E-state index in [9.17, 15) is 4.79 Å². The van der Waals surface area contributed by atoms with E-state index in [2.05, 4.69) is 29.2 Å². The summed E-state index contributed by atoms with van der Waals surface area (Å²) < 4.78 is 0. The van der Waals surface area contributed by atoms with Crippen LogP contribution in [0.4, 0.5) is 0 Å². The molecule has 3 atom stereocenters. The Kier molecular flexibility index (Phi) is 3.07. The molecule has 1 aromatic rings. The van der Waals surface area contributed by atoms with Crippen molar-refractivity contribution < 1.29 is 4.79 Å². The molecule has 112 valence electrons. The fraction of sp³-hybridized carbons (Fsp3) is 0.611. The number of nitrogens with two attached hydrogens (primary N) is 1. The number of hydrogen-bond donors (Lipinski definition) is 1. The Labute approximate surface area is 126 Å². The highest BCUT2D eigenvalue weighted by Crippen LogP contribution is 2.61. The predicted octanol–water partition coefficient (Wildman–Crippen LogP) is 2.09. The lowest BCUT2D eigenvalue weighted by atomic mass is 9.78. The summed E-state index contributed by atoms with van der Waals surface area (Å²) in [6.45, 7) is 2.50. The molecule has 2 N–H and O–H groups in total. The van der Waals surface area contributed by atoms with Crippen LogP contribution in [0.25, 0.3) is 0 Å². The molecule has 1 saturated carbocycles. The summed E-state index contributed by atoms with van der Waals surface area (Å²) in [6, 6.07) is 8.76. The average Bonchev–Trinajstić information content (AvgIpc) is 3.03. The Morgan fingerprint density at radius 2 is 2.24 bits per heavy atom. The molecule has 0 aromatic heterocycles. The first kappa shape index (κ1) is 13.3. The van der Waals surface area contributed by atoms with Crippen molar-refractivity contribution in [3.63, 3.8) is 0 Å². The van der Waals surface area contributed by atoms with Gasteiger partial charge in [0.2, 0.25) is 5.91 Å². The molecule has 1 heterocycles. The number of fused-ring (bicyclic) bond motifs is 2. The normalized spacial score (nSPS) is 34.0. The molecule has 3 heteroatoms. The second-order valence-electron chi connectivity index (χ2n) is 7.10. The summed E-state index contributed by atoms with van der Waals surface area (Å²) in [6.07, 6.45) is 5.74. The van der Waals surface area contributed by atoms with Gasteiger partial charge in [-0.3, -0.25) is 4.79 Å². The van der Waals surface area contributed by atoms with E-state index in [0.29, 0.717) is 18.4 Å².